The second kappa shape index (κ2) is 6.55. The molecule has 0 aliphatic heterocycles. The van der Waals surface area contributed by atoms with Crippen molar-refractivity contribution in [1.29, 1.82) is 0 Å². The Kier molecular flexibility index (Phi) is 4.53. The normalized spacial score (nSPS) is 17.2. The molecule has 2 aromatic heterocycles. The van der Waals surface area contributed by atoms with Crippen molar-refractivity contribution >= 4 is 11.3 Å². The Morgan fingerprint density at radius 2 is 2.05 bits per heavy atom. The third-order valence-corrected chi connectivity index (χ3v) is 4.95. The van der Waals surface area contributed by atoms with Gasteiger partial charge in [0.05, 0.1) is 4.88 Å². The van der Waals surface area contributed by atoms with Crippen LogP contribution in [0.3, 0.4) is 0 Å². The molecular formula is C16H22N2OS. The van der Waals surface area contributed by atoms with Crippen molar-refractivity contribution in [2.45, 2.75) is 58.0 Å². The minimum atomic E-state index is 0.677. The Morgan fingerprint density at radius 3 is 2.75 bits per heavy atom. The van der Waals surface area contributed by atoms with E-state index >= 15 is 0 Å². The Hall–Kier alpha value is -1.13. The van der Waals surface area contributed by atoms with Gasteiger partial charge in [-0.3, -0.25) is 0 Å². The molecule has 2 aromatic rings. The number of nitrogens with zero attached hydrogens (tertiary/aromatic N) is 1. The van der Waals surface area contributed by atoms with E-state index in [0.717, 1.165) is 28.0 Å². The molecule has 0 bridgehead atoms. The molecule has 1 aliphatic rings. The van der Waals surface area contributed by atoms with Gasteiger partial charge in [0.25, 0.3) is 0 Å². The topological polar surface area (TPSA) is 38.1 Å². The van der Waals surface area contributed by atoms with Gasteiger partial charge in [-0.15, -0.1) is 11.3 Å². The van der Waals surface area contributed by atoms with Crippen LogP contribution in [0.4, 0.5) is 0 Å². The van der Waals surface area contributed by atoms with E-state index in [-0.39, 0.29) is 0 Å². The lowest BCUT2D eigenvalue weighted by Gasteiger charge is -2.14. The van der Waals surface area contributed by atoms with E-state index in [1.807, 2.05) is 25.3 Å². The minimum Gasteiger partial charge on any atom is -0.460 e. The number of furan rings is 1. The predicted octanol–water partition coefficient (Wildman–Crippen LogP) is 4.52. The van der Waals surface area contributed by atoms with Gasteiger partial charge in [0, 0.05) is 18.8 Å². The van der Waals surface area contributed by atoms with Gasteiger partial charge in [0.1, 0.15) is 16.5 Å². The molecule has 0 amide bonds. The first-order chi connectivity index (χ1) is 9.81. The second-order valence-corrected chi connectivity index (χ2v) is 6.71. The standard InChI is InChI=1S/C16H22N2OS/c1-12-8-9-14(19-12)15-10-18-16(20-15)11-17-13-6-4-2-3-5-7-13/h8-10,13,17H,2-7,11H2,1H3. The van der Waals surface area contributed by atoms with E-state index in [2.05, 4.69) is 10.3 Å². The van der Waals surface area contributed by atoms with Crippen LogP contribution in [-0.2, 0) is 6.54 Å². The third kappa shape index (κ3) is 3.49. The number of aromatic nitrogens is 1. The van der Waals surface area contributed by atoms with Crippen LogP contribution in [0.15, 0.2) is 22.7 Å². The molecule has 0 spiro atoms. The molecule has 4 heteroatoms. The number of hydrogen-bond acceptors (Lipinski definition) is 4. The van der Waals surface area contributed by atoms with Crippen molar-refractivity contribution in [3.05, 3.63) is 29.1 Å². The summed E-state index contributed by atoms with van der Waals surface area (Å²) in [6.07, 6.45) is 10.1. The maximum absolute atomic E-state index is 5.64. The second-order valence-electron chi connectivity index (χ2n) is 5.60. The molecule has 3 nitrogen and oxygen atoms in total. The Balaban J connectivity index is 1.57. The van der Waals surface area contributed by atoms with E-state index < -0.39 is 0 Å². The summed E-state index contributed by atoms with van der Waals surface area (Å²) in [5.41, 5.74) is 0. The highest BCUT2D eigenvalue weighted by Crippen LogP contribution is 2.28. The van der Waals surface area contributed by atoms with Gasteiger partial charge in [-0.1, -0.05) is 25.7 Å². The van der Waals surface area contributed by atoms with Crippen LogP contribution in [0.1, 0.15) is 49.3 Å². The average Bonchev–Trinajstić information content (AvgIpc) is 3.00. The molecule has 1 saturated carbocycles. The van der Waals surface area contributed by atoms with Crippen molar-refractivity contribution in [2.24, 2.45) is 0 Å². The van der Waals surface area contributed by atoms with Crippen molar-refractivity contribution in [2.75, 3.05) is 0 Å². The third-order valence-electron chi connectivity index (χ3n) is 3.93. The highest BCUT2D eigenvalue weighted by molar-refractivity contribution is 7.15. The molecule has 0 aromatic carbocycles. The molecule has 0 unspecified atom stereocenters. The summed E-state index contributed by atoms with van der Waals surface area (Å²) < 4.78 is 5.64. The summed E-state index contributed by atoms with van der Waals surface area (Å²) in [5, 5.41) is 4.82. The Labute approximate surface area is 124 Å². The molecule has 108 valence electrons. The first kappa shape index (κ1) is 13.8. The molecule has 0 saturated heterocycles. The van der Waals surface area contributed by atoms with Crippen LogP contribution in [0, 0.1) is 6.92 Å². The molecule has 0 atom stereocenters. The summed E-state index contributed by atoms with van der Waals surface area (Å²) in [7, 11) is 0. The summed E-state index contributed by atoms with van der Waals surface area (Å²) in [4.78, 5) is 5.63. The molecule has 1 N–H and O–H groups in total. The zero-order valence-corrected chi connectivity index (χ0v) is 12.8. The zero-order valence-electron chi connectivity index (χ0n) is 12.0. The van der Waals surface area contributed by atoms with E-state index in [9.17, 15) is 0 Å². The number of aryl methyl sites for hydroxylation is 1. The predicted molar refractivity (Wildman–Crippen MR) is 82.9 cm³/mol. The average molecular weight is 290 g/mol. The summed E-state index contributed by atoms with van der Waals surface area (Å²) in [6, 6.07) is 4.69. The van der Waals surface area contributed by atoms with Crippen LogP contribution in [-0.4, -0.2) is 11.0 Å². The number of nitrogens with one attached hydrogen (secondary N) is 1. The van der Waals surface area contributed by atoms with Crippen molar-refractivity contribution in [3.63, 3.8) is 0 Å². The van der Waals surface area contributed by atoms with Gasteiger partial charge in [0.15, 0.2) is 0 Å². The lowest BCUT2D eigenvalue weighted by atomic mass is 10.1. The highest BCUT2D eigenvalue weighted by atomic mass is 32.1. The molecule has 0 radical (unpaired) electrons. The summed E-state index contributed by atoms with van der Waals surface area (Å²) in [5.74, 6) is 1.88. The quantitative estimate of drug-likeness (QED) is 0.841. The number of hydrogen-bond donors (Lipinski definition) is 1. The van der Waals surface area contributed by atoms with Crippen LogP contribution in [0.2, 0.25) is 0 Å². The van der Waals surface area contributed by atoms with Gasteiger partial charge in [-0.25, -0.2) is 4.98 Å². The first-order valence-electron chi connectivity index (χ1n) is 7.56. The van der Waals surface area contributed by atoms with Gasteiger partial charge in [-0.05, 0) is 31.9 Å². The lowest BCUT2D eigenvalue weighted by molar-refractivity contribution is 0.458. The smallest absolute Gasteiger partial charge is 0.145 e. The summed E-state index contributed by atoms with van der Waals surface area (Å²) in [6.45, 7) is 2.86. The maximum atomic E-state index is 5.64. The Morgan fingerprint density at radius 1 is 1.25 bits per heavy atom. The summed E-state index contributed by atoms with van der Waals surface area (Å²) >= 11 is 1.73. The molecule has 20 heavy (non-hydrogen) atoms. The molecule has 3 rings (SSSR count). The zero-order chi connectivity index (χ0) is 13.8. The molecular weight excluding hydrogens is 268 g/mol. The van der Waals surface area contributed by atoms with Gasteiger partial charge in [-0.2, -0.15) is 0 Å². The van der Waals surface area contributed by atoms with Gasteiger partial charge in [0.2, 0.25) is 0 Å². The fraction of sp³-hybridized carbons (Fsp3) is 0.562. The monoisotopic (exact) mass is 290 g/mol. The fourth-order valence-corrected chi connectivity index (χ4v) is 3.62. The SMILES string of the molecule is Cc1ccc(-c2cnc(CNC3CCCCCC3)s2)o1. The molecule has 2 heterocycles. The van der Waals surface area contributed by atoms with E-state index in [1.54, 1.807) is 11.3 Å². The van der Waals surface area contributed by atoms with Gasteiger partial charge < -0.3 is 9.73 Å². The van der Waals surface area contributed by atoms with Crippen molar-refractivity contribution < 1.29 is 4.42 Å². The molecule has 1 aliphatic carbocycles. The molecule has 1 fully saturated rings. The van der Waals surface area contributed by atoms with Crippen LogP contribution in [0.25, 0.3) is 10.6 Å². The minimum absolute atomic E-state index is 0.677. The van der Waals surface area contributed by atoms with E-state index in [1.165, 1.54) is 38.5 Å². The van der Waals surface area contributed by atoms with E-state index in [0.29, 0.717) is 6.04 Å². The van der Waals surface area contributed by atoms with Crippen LogP contribution < -0.4 is 5.32 Å². The fourth-order valence-electron chi connectivity index (χ4n) is 2.79. The lowest BCUT2D eigenvalue weighted by Crippen LogP contribution is -2.27. The highest BCUT2D eigenvalue weighted by Gasteiger charge is 2.13. The van der Waals surface area contributed by atoms with Crippen molar-refractivity contribution in [1.82, 2.24) is 10.3 Å². The Bertz CT molecular complexity index is 538. The maximum Gasteiger partial charge on any atom is 0.145 e. The number of rotatable bonds is 4. The van der Waals surface area contributed by atoms with Gasteiger partial charge >= 0.3 is 0 Å². The van der Waals surface area contributed by atoms with Crippen molar-refractivity contribution in [3.8, 4) is 10.6 Å². The first-order valence-corrected chi connectivity index (χ1v) is 8.38. The van der Waals surface area contributed by atoms with Crippen LogP contribution >= 0.6 is 11.3 Å². The largest absolute Gasteiger partial charge is 0.460 e. The number of thiazole rings is 1. The van der Waals surface area contributed by atoms with Crippen LogP contribution in [0.5, 0.6) is 0 Å². The van der Waals surface area contributed by atoms with E-state index in [4.69, 9.17) is 4.42 Å².